The maximum atomic E-state index is 10.2. The van der Waals surface area contributed by atoms with Crippen LogP contribution in [0.5, 0.6) is 5.75 Å². The fourth-order valence-electron chi connectivity index (χ4n) is 4.45. The third-order valence-electron chi connectivity index (χ3n) is 6.57. The molecule has 8 nitrogen and oxygen atoms in total. The molecule has 1 unspecified atom stereocenters. The number of benzene rings is 1. The molecule has 2 fully saturated rings. The predicted octanol–water partition coefficient (Wildman–Crippen LogP) is 3.41. The van der Waals surface area contributed by atoms with Crippen molar-refractivity contribution in [3.63, 3.8) is 0 Å². The number of piperidine rings is 1. The number of nitrogens with two attached hydrogens (primary N) is 1. The maximum absolute atomic E-state index is 10.2. The van der Waals surface area contributed by atoms with E-state index >= 15 is 0 Å². The van der Waals surface area contributed by atoms with Gasteiger partial charge >= 0.3 is 0 Å². The second-order valence-corrected chi connectivity index (χ2v) is 9.10. The first-order valence-corrected chi connectivity index (χ1v) is 11.9. The van der Waals surface area contributed by atoms with Crippen molar-refractivity contribution in [2.24, 2.45) is 5.92 Å². The quantitative estimate of drug-likeness (QED) is 0.503. The van der Waals surface area contributed by atoms with Gasteiger partial charge in [0.05, 0.1) is 24.1 Å². The van der Waals surface area contributed by atoms with E-state index in [2.05, 4.69) is 32.5 Å². The lowest BCUT2D eigenvalue weighted by atomic mass is 9.82. The molecule has 0 amide bonds. The molecule has 1 aliphatic heterocycles. The summed E-state index contributed by atoms with van der Waals surface area (Å²) in [4.78, 5) is 0. The first-order valence-electron chi connectivity index (χ1n) is 11.9. The normalized spacial score (nSPS) is 21.3. The zero-order valence-corrected chi connectivity index (χ0v) is 19.3. The first kappa shape index (κ1) is 22.4. The van der Waals surface area contributed by atoms with Gasteiger partial charge in [0.25, 0.3) is 0 Å². The molecule has 2 aliphatic rings. The number of hydrogen-bond donors (Lipinski definition) is 3. The molecule has 4 N–H and O–H groups in total. The van der Waals surface area contributed by atoms with E-state index in [4.69, 9.17) is 10.5 Å². The van der Waals surface area contributed by atoms with Gasteiger partial charge in [-0.1, -0.05) is 24.0 Å². The van der Waals surface area contributed by atoms with Crippen molar-refractivity contribution in [3.8, 4) is 40.0 Å². The van der Waals surface area contributed by atoms with Gasteiger partial charge in [0, 0.05) is 28.8 Å². The molecule has 1 aromatic carbocycles. The summed E-state index contributed by atoms with van der Waals surface area (Å²) in [7, 11) is 0. The fraction of sp³-hybridized carbons (Fsp3) is 0.423. The molecule has 2 aromatic heterocycles. The van der Waals surface area contributed by atoms with Crippen molar-refractivity contribution in [1.29, 1.82) is 0 Å². The minimum absolute atomic E-state index is 0.0632. The molecule has 1 atom stereocenters. The van der Waals surface area contributed by atoms with Crippen LogP contribution in [0.4, 0.5) is 5.82 Å². The van der Waals surface area contributed by atoms with Gasteiger partial charge in [0.1, 0.15) is 11.8 Å². The molecular formula is C26H30N6O2. The Morgan fingerprint density at radius 2 is 1.94 bits per heavy atom. The van der Waals surface area contributed by atoms with Crippen LogP contribution >= 0.6 is 0 Å². The van der Waals surface area contributed by atoms with E-state index in [-0.39, 0.29) is 11.8 Å². The maximum Gasteiger partial charge on any atom is 0.154 e. The van der Waals surface area contributed by atoms with Gasteiger partial charge < -0.3 is 20.9 Å². The van der Waals surface area contributed by atoms with Crippen LogP contribution in [0, 0.1) is 17.8 Å². The highest BCUT2D eigenvalue weighted by Crippen LogP contribution is 2.33. The zero-order chi connectivity index (χ0) is 23.5. The summed E-state index contributed by atoms with van der Waals surface area (Å²) in [5, 5.41) is 26.3. The Balaban J connectivity index is 1.23. The number of ether oxygens (including phenoxy) is 1. The van der Waals surface area contributed by atoms with Crippen LogP contribution in [0.15, 0.2) is 42.7 Å². The Morgan fingerprint density at radius 1 is 1.15 bits per heavy atom. The van der Waals surface area contributed by atoms with E-state index in [1.165, 1.54) is 0 Å². The molecule has 5 rings (SSSR count). The Hall–Kier alpha value is -3.41. The topological polar surface area (TPSA) is 111 Å². The van der Waals surface area contributed by atoms with Gasteiger partial charge in [-0.15, -0.1) is 10.2 Å². The minimum Gasteiger partial charge on any atom is -0.507 e. The van der Waals surface area contributed by atoms with Gasteiger partial charge in [-0.2, -0.15) is 5.10 Å². The minimum atomic E-state index is -0.0632. The van der Waals surface area contributed by atoms with E-state index in [0.29, 0.717) is 35.2 Å². The number of phenolic OH excluding ortho intramolecular Hbond substituents is 1. The standard InChI is InChI=1S/C26H30N6O2/c1-17(6-7-18-12-21(13-18)34-20-8-10-28-11-9-20)32-16-19(15-29-32)23-14-24(30-31-26(23)27)22-4-2-3-5-25(22)33/h2-5,14-18,20-21,28,33H,8-13H2,1H3,(H2,27,31). The van der Waals surface area contributed by atoms with Crippen LogP contribution in [0.3, 0.4) is 0 Å². The third kappa shape index (κ3) is 4.91. The largest absolute Gasteiger partial charge is 0.507 e. The molecule has 176 valence electrons. The lowest BCUT2D eigenvalue weighted by molar-refractivity contribution is -0.0743. The summed E-state index contributed by atoms with van der Waals surface area (Å²) < 4.78 is 8.03. The number of nitrogen functional groups attached to an aromatic ring is 1. The number of nitrogens with one attached hydrogen (secondary N) is 1. The lowest BCUT2D eigenvalue weighted by Gasteiger charge is -2.36. The highest BCUT2D eigenvalue weighted by atomic mass is 16.5. The second-order valence-electron chi connectivity index (χ2n) is 9.10. The SMILES string of the molecule is CC(C#CC1CC(OC2CCNCC2)C1)n1cc(-c2cc(-c3ccccc3O)nnc2N)cn1. The van der Waals surface area contributed by atoms with Gasteiger partial charge in [0.2, 0.25) is 0 Å². The van der Waals surface area contributed by atoms with E-state index < -0.39 is 0 Å². The molecular weight excluding hydrogens is 428 g/mol. The van der Waals surface area contributed by atoms with Crippen molar-refractivity contribution in [3.05, 3.63) is 42.7 Å². The highest BCUT2D eigenvalue weighted by Gasteiger charge is 2.31. The van der Waals surface area contributed by atoms with Crippen LogP contribution in [0.2, 0.25) is 0 Å². The predicted molar refractivity (Wildman–Crippen MR) is 131 cm³/mol. The number of anilines is 1. The number of rotatable bonds is 5. The lowest BCUT2D eigenvalue weighted by Crippen LogP contribution is -2.39. The molecule has 1 saturated heterocycles. The van der Waals surface area contributed by atoms with Crippen LogP contribution in [0.1, 0.15) is 38.6 Å². The monoisotopic (exact) mass is 458 g/mol. The van der Waals surface area contributed by atoms with Crippen molar-refractivity contribution in [2.75, 3.05) is 18.8 Å². The number of aromatic nitrogens is 4. The van der Waals surface area contributed by atoms with E-state index in [1.54, 1.807) is 24.4 Å². The summed E-state index contributed by atoms with van der Waals surface area (Å²) in [6.07, 6.45) is 8.69. The Morgan fingerprint density at radius 3 is 2.74 bits per heavy atom. The number of para-hydroxylation sites is 1. The van der Waals surface area contributed by atoms with E-state index in [0.717, 1.165) is 49.9 Å². The van der Waals surface area contributed by atoms with Gasteiger partial charge in [0.15, 0.2) is 5.82 Å². The second kappa shape index (κ2) is 9.84. The Kier molecular flexibility index (Phi) is 6.48. The molecule has 1 saturated carbocycles. The Bertz CT molecular complexity index is 1200. The van der Waals surface area contributed by atoms with E-state index in [9.17, 15) is 5.11 Å². The summed E-state index contributed by atoms with van der Waals surface area (Å²) in [6.45, 7) is 4.15. The zero-order valence-electron chi connectivity index (χ0n) is 19.3. The molecule has 34 heavy (non-hydrogen) atoms. The number of aromatic hydroxyl groups is 1. The van der Waals surface area contributed by atoms with Crippen molar-refractivity contribution >= 4 is 5.82 Å². The third-order valence-corrected chi connectivity index (χ3v) is 6.57. The fourth-order valence-corrected chi connectivity index (χ4v) is 4.45. The molecule has 0 radical (unpaired) electrons. The van der Waals surface area contributed by atoms with Crippen molar-refractivity contribution < 1.29 is 9.84 Å². The summed E-state index contributed by atoms with van der Waals surface area (Å²) >= 11 is 0. The Labute approximate surface area is 199 Å². The van der Waals surface area contributed by atoms with Crippen LogP contribution in [-0.2, 0) is 4.74 Å². The number of nitrogens with zero attached hydrogens (tertiary/aromatic N) is 4. The first-order chi connectivity index (χ1) is 16.6. The molecule has 0 spiro atoms. The van der Waals surface area contributed by atoms with Crippen LogP contribution in [-0.4, -0.2) is 50.4 Å². The molecule has 1 aliphatic carbocycles. The van der Waals surface area contributed by atoms with E-state index in [1.807, 2.05) is 29.9 Å². The number of phenols is 1. The molecule has 3 aromatic rings. The van der Waals surface area contributed by atoms with Crippen molar-refractivity contribution in [2.45, 2.75) is 50.9 Å². The van der Waals surface area contributed by atoms with Crippen LogP contribution in [0.25, 0.3) is 22.4 Å². The smallest absolute Gasteiger partial charge is 0.154 e. The average Bonchev–Trinajstić information content (AvgIpc) is 3.32. The summed E-state index contributed by atoms with van der Waals surface area (Å²) in [5.41, 5.74) is 8.81. The van der Waals surface area contributed by atoms with Gasteiger partial charge in [-0.05, 0) is 63.9 Å². The number of hydrogen-bond acceptors (Lipinski definition) is 7. The van der Waals surface area contributed by atoms with Gasteiger partial charge in [-0.3, -0.25) is 4.68 Å². The average molecular weight is 459 g/mol. The van der Waals surface area contributed by atoms with Crippen LogP contribution < -0.4 is 11.1 Å². The van der Waals surface area contributed by atoms with Gasteiger partial charge in [-0.25, -0.2) is 0 Å². The molecule has 0 bridgehead atoms. The summed E-state index contributed by atoms with van der Waals surface area (Å²) in [5.74, 6) is 7.60. The molecule has 8 heteroatoms. The molecule has 3 heterocycles. The summed E-state index contributed by atoms with van der Waals surface area (Å²) in [6, 6.07) is 8.79. The van der Waals surface area contributed by atoms with Crippen molar-refractivity contribution in [1.82, 2.24) is 25.3 Å². The highest BCUT2D eigenvalue weighted by molar-refractivity contribution is 5.78.